The molecule has 2 aromatic rings. The molecule has 0 heterocycles. The molecule has 0 aliphatic rings. The first kappa shape index (κ1) is 14.7. The summed E-state index contributed by atoms with van der Waals surface area (Å²) in [7, 11) is 0. The molecule has 1 amide bonds. The van der Waals surface area contributed by atoms with Gasteiger partial charge in [0.05, 0.1) is 16.8 Å². The number of anilines is 1. The first-order valence-corrected chi connectivity index (χ1v) is 6.84. The molecule has 5 heteroatoms. The van der Waals surface area contributed by atoms with Gasteiger partial charge in [-0.15, -0.1) is 0 Å². The minimum atomic E-state index is -0.198. The summed E-state index contributed by atoms with van der Waals surface area (Å²) in [6.07, 6.45) is 0. The molecule has 20 heavy (non-hydrogen) atoms. The highest BCUT2D eigenvalue weighted by molar-refractivity contribution is 6.33. The van der Waals surface area contributed by atoms with Crippen molar-refractivity contribution in [1.82, 2.24) is 5.32 Å². The van der Waals surface area contributed by atoms with E-state index in [0.717, 1.165) is 5.56 Å². The van der Waals surface area contributed by atoms with Gasteiger partial charge < -0.3 is 11.1 Å². The Morgan fingerprint density at radius 1 is 1.15 bits per heavy atom. The Morgan fingerprint density at radius 2 is 1.80 bits per heavy atom. The topological polar surface area (TPSA) is 55.1 Å². The Bertz CT molecular complexity index is 626. The van der Waals surface area contributed by atoms with Gasteiger partial charge in [0.1, 0.15) is 0 Å². The number of rotatable bonds is 3. The third-order valence-corrected chi connectivity index (χ3v) is 3.57. The molecule has 3 N–H and O–H groups in total. The zero-order valence-corrected chi connectivity index (χ0v) is 12.4. The molecule has 2 aromatic carbocycles. The van der Waals surface area contributed by atoms with Crippen LogP contribution in [0.4, 0.5) is 5.69 Å². The molecule has 0 fully saturated rings. The fourth-order valence-corrected chi connectivity index (χ4v) is 2.04. The van der Waals surface area contributed by atoms with E-state index in [2.05, 4.69) is 5.32 Å². The summed E-state index contributed by atoms with van der Waals surface area (Å²) in [6.45, 7) is 1.90. The van der Waals surface area contributed by atoms with Crippen LogP contribution in [0.1, 0.15) is 28.9 Å². The zero-order chi connectivity index (χ0) is 14.7. The van der Waals surface area contributed by atoms with Crippen molar-refractivity contribution < 1.29 is 4.79 Å². The second-order valence-electron chi connectivity index (χ2n) is 4.48. The van der Waals surface area contributed by atoms with E-state index < -0.39 is 0 Å². The Hall–Kier alpha value is -1.71. The van der Waals surface area contributed by atoms with Gasteiger partial charge in [0, 0.05) is 10.6 Å². The number of hydrogen-bond donors (Lipinski definition) is 2. The number of nitrogen functional groups attached to an aromatic ring is 1. The maximum absolute atomic E-state index is 12.1. The van der Waals surface area contributed by atoms with Crippen LogP contribution < -0.4 is 11.1 Å². The molecule has 0 saturated carbocycles. The molecule has 0 aliphatic carbocycles. The number of nitrogens with two attached hydrogens (primary N) is 1. The molecular formula is C15H14Cl2N2O. The summed E-state index contributed by atoms with van der Waals surface area (Å²) in [5, 5.41) is 4.00. The zero-order valence-electron chi connectivity index (χ0n) is 10.9. The largest absolute Gasteiger partial charge is 0.398 e. The second-order valence-corrected chi connectivity index (χ2v) is 5.33. The number of nitrogens with one attached hydrogen (secondary N) is 1. The third kappa shape index (κ3) is 3.44. The summed E-state index contributed by atoms with van der Waals surface area (Å²) < 4.78 is 0. The van der Waals surface area contributed by atoms with E-state index in [4.69, 9.17) is 28.9 Å². The van der Waals surface area contributed by atoms with Gasteiger partial charge >= 0.3 is 0 Å². The van der Waals surface area contributed by atoms with Crippen LogP contribution in [-0.4, -0.2) is 5.91 Å². The summed E-state index contributed by atoms with van der Waals surface area (Å²) in [5.41, 5.74) is 7.53. The summed E-state index contributed by atoms with van der Waals surface area (Å²) in [4.78, 5) is 12.1. The lowest BCUT2D eigenvalue weighted by atomic mass is 10.1. The lowest BCUT2D eigenvalue weighted by Gasteiger charge is -2.14. The van der Waals surface area contributed by atoms with Gasteiger partial charge in [-0.2, -0.15) is 0 Å². The van der Waals surface area contributed by atoms with Crippen LogP contribution in [-0.2, 0) is 0 Å². The molecule has 0 aromatic heterocycles. The quantitative estimate of drug-likeness (QED) is 0.840. The first-order chi connectivity index (χ1) is 9.47. The van der Waals surface area contributed by atoms with Gasteiger partial charge in [-0.1, -0.05) is 35.3 Å². The van der Waals surface area contributed by atoms with Gasteiger partial charge in [0.15, 0.2) is 0 Å². The maximum Gasteiger partial charge on any atom is 0.251 e. The fraction of sp³-hybridized carbons (Fsp3) is 0.133. The van der Waals surface area contributed by atoms with Crippen LogP contribution in [0.25, 0.3) is 0 Å². The van der Waals surface area contributed by atoms with E-state index in [1.807, 2.05) is 19.1 Å². The molecule has 104 valence electrons. The van der Waals surface area contributed by atoms with Crippen molar-refractivity contribution in [3.63, 3.8) is 0 Å². The average Bonchev–Trinajstić information content (AvgIpc) is 2.42. The number of hydrogen-bond acceptors (Lipinski definition) is 2. The lowest BCUT2D eigenvalue weighted by Crippen LogP contribution is -2.26. The van der Waals surface area contributed by atoms with Crippen LogP contribution in [0, 0.1) is 0 Å². The average molecular weight is 309 g/mol. The molecule has 0 aliphatic heterocycles. The first-order valence-electron chi connectivity index (χ1n) is 6.08. The number of benzene rings is 2. The highest BCUT2D eigenvalue weighted by Crippen LogP contribution is 2.21. The van der Waals surface area contributed by atoms with Gasteiger partial charge in [-0.25, -0.2) is 0 Å². The van der Waals surface area contributed by atoms with E-state index >= 15 is 0 Å². The lowest BCUT2D eigenvalue weighted by molar-refractivity contribution is 0.0940. The van der Waals surface area contributed by atoms with Crippen LogP contribution in [0.15, 0.2) is 42.5 Å². The van der Waals surface area contributed by atoms with Crippen molar-refractivity contribution in [1.29, 1.82) is 0 Å². The number of halogens is 2. The molecule has 0 radical (unpaired) electrons. The highest BCUT2D eigenvalue weighted by Gasteiger charge is 2.12. The van der Waals surface area contributed by atoms with Gasteiger partial charge in [0.2, 0.25) is 0 Å². The molecule has 1 atom stereocenters. The monoisotopic (exact) mass is 308 g/mol. The summed E-state index contributed by atoms with van der Waals surface area (Å²) in [5.74, 6) is -0.198. The smallest absolute Gasteiger partial charge is 0.251 e. The van der Waals surface area contributed by atoms with Crippen molar-refractivity contribution in [2.45, 2.75) is 13.0 Å². The molecule has 3 nitrogen and oxygen atoms in total. The Labute approximate surface area is 127 Å². The van der Waals surface area contributed by atoms with Crippen LogP contribution in [0.3, 0.4) is 0 Å². The molecule has 2 rings (SSSR count). The number of amides is 1. The minimum Gasteiger partial charge on any atom is -0.398 e. The molecule has 0 unspecified atom stereocenters. The van der Waals surface area contributed by atoms with E-state index in [9.17, 15) is 4.79 Å². The SMILES string of the molecule is C[C@H](NC(=O)c1ccc(Cl)c(N)c1)c1ccc(Cl)cc1. The summed E-state index contributed by atoms with van der Waals surface area (Å²) in [6, 6.07) is 12.0. The van der Waals surface area contributed by atoms with Crippen molar-refractivity contribution in [3.8, 4) is 0 Å². The van der Waals surface area contributed by atoms with Crippen LogP contribution in [0.2, 0.25) is 10.0 Å². The Balaban J connectivity index is 2.10. The molecular weight excluding hydrogens is 295 g/mol. The fourth-order valence-electron chi connectivity index (χ4n) is 1.80. The van der Waals surface area contributed by atoms with E-state index in [-0.39, 0.29) is 11.9 Å². The summed E-state index contributed by atoms with van der Waals surface area (Å²) >= 11 is 11.7. The van der Waals surface area contributed by atoms with Gasteiger partial charge in [-0.3, -0.25) is 4.79 Å². The van der Waals surface area contributed by atoms with Crippen molar-refractivity contribution in [3.05, 3.63) is 63.6 Å². The molecule has 0 saturated heterocycles. The standard InChI is InChI=1S/C15H14Cl2N2O/c1-9(10-2-5-12(16)6-3-10)19-15(20)11-4-7-13(17)14(18)8-11/h2-9H,18H2,1H3,(H,19,20)/t9-/m0/s1. The van der Waals surface area contributed by atoms with Gasteiger partial charge in [0.25, 0.3) is 5.91 Å². The van der Waals surface area contributed by atoms with E-state index in [1.54, 1.807) is 30.3 Å². The van der Waals surface area contributed by atoms with Gasteiger partial charge in [-0.05, 0) is 42.8 Å². The van der Waals surface area contributed by atoms with E-state index in [0.29, 0.717) is 21.3 Å². The normalized spacial score (nSPS) is 11.9. The maximum atomic E-state index is 12.1. The van der Waals surface area contributed by atoms with Crippen molar-refractivity contribution >= 4 is 34.8 Å². The minimum absolute atomic E-state index is 0.128. The highest BCUT2D eigenvalue weighted by atomic mass is 35.5. The van der Waals surface area contributed by atoms with Crippen LogP contribution in [0.5, 0.6) is 0 Å². The van der Waals surface area contributed by atoms with E-state index in [1.165, 1.54) is 0 Å². The van der Waals surface area contributed by atoms with Crippen molar-refractivity contribution in [2.24, 2.45) is 0 Å². The predicted molar refractivity (Wildman–Crippen MR) is 83.2 cm³/mol. The molecule has 0 spiro atoms. The Kier molecular flexibility index (Phi) is 4.53. The third-order valence-electron chi connectivity index (χ3n) is 2.98. The number of carbonyl (C=O) groups excluding carboxylic acids is 1. The number of carbonyl (C=O) groups is 1. The predicted octanol–water partition coefficient (Wildman–Crippen LogP) is 4.07. The molecule has 0 bridgehead atoms. The van der Waals surface area contributed by atoms with Crippen LogP contribution >= 0.6 is 23.2 Å². The Morgan fingerprint density at radius 3 is 2.40 bits per heavy atom. The van der Waals surface area contributed by atoms with Crippen molar-refractivity contribution in [2.75, 3.05) is 5.73 Å². The second kappa shape index (κ2) is 6.16.